The second kappa shape index (κ2) is 14.2. The Morgan fingerprint density at radius 2 is 1.90 bits per heavy atom. The number of rotatable bonds is 11. The molecule has 1 aliphatic heterocycles. The number of hydrogen-bond donors (Lipinski definition) is 2. The summed E-state index contributed by atoms with van der Waals surface area (Å²) in [5.41, 5.74) is 3.17. The number of fused-ring (bicyclic) bond motifs is 1. The van der Waals surface area contributed by atoms with Gasteiger partial charge in [0.15, 0.2) is 19.9 Å². The predicted octanol–water partition coefficient (Wildman–Crippen LogP) is 8.10. The number of thiophene rings is 1. The van der Waals surface area contributed by atoms with Crippen LogP contribution in [0.25, 0.3) is 20.8 Å². The summed E-state index contributed by atoms with van der Waals surface area (Å²) in [5, 5.41) is 5.73. The van der Waals surface area contributed by atoms with Gasteiger partial charge in [-0.15, -0.1) is 11.3 Å². The van der Waals surface area contributed by atoms with Crippen molar-refractivity contribution in [3.05, 3.63) is 66.2 Å². The fraction of sp³-hybridized carbons (Fsp3) is 0.472. The Morgan fingerprint density at radius 3 is 2.58 bits per heavy atom. The first-order valence-corrected chi connectivity index (χ1v) is 20.6. The van der Waals surface area contributed by atoms with Crippen molar-refractivity contribution >= 4 is 41.6 Å². The molecular weight excluding hydrogens is 644 g/mol. The second-order valence-corrected chi connectivity index (χ2v) is 20.4. The molecule has 2 fully saturated rings. The lowest BCUT2D eigenvalue weighted by molar-refractivity contribution is 0.0660. The van der Waals surface area contributed by atoms with Crippen LogP contribution in [0.2, 0.25) is 18.1 Å². The molecule has 1 atom stereocenters. The Labute approximate surface area is 288 Å². The van der Waals surface area contributed by atoms with Crippen LogP contribution < -0.4 is 15.4 Å². The van der Waals surface area contributed by atoms with Crippen molar-refractivity contribution in [2.45, 2.75) is 77.3 Å². The summed E-state index contributed by atoms with van der Waals surface area (Å²) in [6.07, 6.45) is 5.58. The number of anilines is 1. The molecule has 2 aliphatic rings. The van der Waals surface area contributed by atoms with Crippen LogP contribution in [0.1, 0.15) is 46.1 Å². The molecule has 1 saturated heterocycles. The highest BCUT2D eigenvalue weighted by molar-refractivity contribution is 7.22. The van der Waals surface area contributed by atoms with Crippen molar-refractivity contribution in [2.75, 3.05) is 38.1 Å². The fourth-order valence-corrected chi connectivity index (χ4v) is 7.66. The minimum Gasteiger partial charge on any atom is -0.453 e. The number of benzene rings is 1. The van der Waals surface area contributed by atoms with E-state index in [2.05, 4.69) is 78.3 Å². The van der Waals surface area contributed by atoms with E-state index in [1.807, 2.05) is 12.3 Å². The van der Waals surface area contributed by atoms with Gasteiger partial charge in [0.2, 0.25) is 0 Å². The molecule has 256 valence electrons. The average molecular weight is 691 g/mol. The summed E-state index contributed by atoms with van der Waals surface area (Å²) >= 11 is 1.51. The van der Waals surface area contributed by atoms with Gasteiger partial charge >= 0.3 is 6.03 Å². The molecule has 0 unspecified atom stereocenters. The van der Waals surface area contributed by atoms with Gasteiger partial charge in [-0.2, -0.15) is 0 Å². The maximum absolute atomic E-state index is 15.0. The van der Waals surface area contributed by atoms with Gasteiger partial charge in [-0.25, -0.2) is 9.18 Å². The summed E-state index contributed by atoms with van der Waals surface area (Å²) < 4.78 is 28.2. The Morgan fingerprint density at radius 1 is 1.08 bits per heavy atom. The molecule has 6 rings (SSSR count). The van der Waals surface area contributed by atoms with E-state index in [1.165, 1.54) is 29.0 Å². The first-order chi connectivity index (χ1) is 22.8. The zero-order valence-electron chi connectivity index (χ0n) is 28.8. The number of amides is 2. The van der Waals surface area contributed by atoms with E-state index in [0.717, 1.165) is 73.0 Å². The highest BCUT2D eigenvalue weighted by Gasteiger charge is 2.37. The zero-order chi connectivity index (χ0) is 34.1. The minimum atomic E-state index is -1.72. The molecule has 12 heteroatoms. The Balaban J connectivity index is 1.04. The smallest absolute Gasteiger partial charge is 0.319 e. The number of carbonyl (C=O) groups is 1. The number of pyridine rings is 2. The summed E-state index contributed by atoms with van der Waals surface area (Å²) in [7, 11) is -1.72. The number of piperazine rings is 1. The van der Waals surface area contributed by atoms with E-state index in [1.54, 1.807) is 18.3 Å². The minimum absolute atomic E-state index is 0.0720. The van der Waals surface area contributed by atoms with E-state index in [9.17, 15) is 9.18 Å². The van der Waals surface area contributed by atoms with E-state index >= 15 is 0 Å². The van der Waals surface area contributed by atoms with Crippen molar-refractivity contribution in [1.29, 1.82) is 0 Å². The van der Waals surface area contributed by atoms with Gasteiger partial charge in [0.05, 0.1) is 20.8 Å². The Bertz CT molecular complexity index is 1740. The van der Waals surface area contributed by atoms with Crippen LogP contribution in [0.4, 0.5) is 14.9 Å². The summed E-state index contributed by atoms with van der Waals surface area (Å²) in [4.78, 5) is 27.4. The summed E-state index contributed by atoms with van der Waals surface area (Å²) in [6.45, 7) is 19.5. The van der Waals surface area contributed by atoms with Crippen LogP contribution in [-0.4, -0.2) is 79.0 Å². The maximum Gasteiger partial charge on any atom is 0.319 e. The molecule has 0 bridgehead atoms. The fourth-order valence-electron chi connectivity index (χ4n) is 5.58. The number of hydrogen-bond acceptors (Lipinski definition) is 8. The third-order valence-corrected chi connectivity index (χ3v) is 15.4. The Hall–Kier alpha value is -3.42. The number of nitrogens with one attached hydrogen (secondary N) is 2. The van der Waals surface area contributed by atoms with Gasteiger partial charge in [0, 0.05) is 81.6 Å². The molecule has 4 heterocycles. The normalized spacial score (nSPS) is 17.9. The van der Waals surface area contributed by atoms with Crippen LogP contribution >= 0.6 is 11.3 Å². The largest absolute Gasteiger partial charge is 0.453 e. The number of aromatic nitrogens is 2. The molecule has 3 aromatic heterocycles. The highest BCUT2D eigenvalue weighted by atomic mass is 32.1. The highest BCUT2D eigenvalue weighted by Crippen LogP contribution is 2.40. The number of urea groups is 1. The van der Waals surface area contributed by atoms with Crippen LogP contribution in [0, 0.1) is 5.82 Å². The van der Waals surface area contributed by atoms with Gasteiger partial charge in [-0.3, -0.25) is 19.8 Å². The number of carbonyl (C=O) groups excluding carboxylic acids is 1. The van der Waals surface area contributed by atoms with E-state index < -0.39 is 14.1 Å². The summed E-state index contributed by atoms with van der Waals surface area (Å²) in [5.74, 6) is 0.0196. The molecule has 2 amide bonds. The van der Waals surface area contributed by atoms with Gasteiger partial charge in [0.25, 0.3) is 0 Å². The lowest BCUT2D eigenvalue weighted by Gasteiger charge is -2.41. The molecule has 9 nitrogen and oxygen atoms in total. The van der Waals surface area contributed by atoms with Crippen molar-refractivity contribution in [3.8, 4) is 22.1 Å². The Kier molecular flexibility index (Phi) is 10.2. The average Bonchev–Trinajstić information content (AvgIpc) is 3.72. The molecule has 0 radical (unpaired) electrons. The van der Waals surface area contributed by atoms with Crippen LogP contribution in [0.15, 0.2) is 54.9 Å². The van der Waals surface area contributed by atoms with Gasteiger partial charge in [-0.05, 0) is 67.7 Å². The van der Waals surface area contributed by atoms with Crippen LogP contribution in [0.3, 0.4) is 0 Å². The molecule has 1 aromatic carbocycles. The molecule has 1 aliphatic carbocycles. The standard InChI is InChI=1S/C36H47FN6O3SSi/c1-24-22-42(15-16-43(24)17-18-45-48(5,6)36(2,3)4)23-25-7-11-29(39-21-25)33-20-30-34(47-33)32(13-14-38-30)46-31-12-10-27(19-28(31)37)41-35(44)40-26-8-9-26/h7,10-14,19-21,24,26H,8-9,15-18,22-23H2,1-6H3,(H2,40,41,44)/t24-/m0/s1. The van der Waals surface area contributed by atoms with Gasteiger partial charge < -0.3 is 19.8 Å². The monoisotopic (exact) mass is 690 g/mol. The molecule has 2 N–H and O–H groups in total. The number of nitrogens with zero attached hydrogens (tertiary/aromatic N) is 4. The number of halogens is 1. The molecular formula is C36H47FN6O3SSi. The van der Waals surface area contributed by atoms with Gasteiger partial charge in [-0.1, -0.05) is 26.8 Å². The quantitative estimate of drug-likeness (QED) is 0.154. The van der Waals surface area contributed by atoms with Crippen molar-refractivity contribution in [1.82, 2.24) is 25.1 Å². The lowest BCUT2D eigenvalue weighted by Crippen LogP contribution is -2.53. The van der Waals surface area contributed by atoms with Crippen LogP contribution in [-0.2, 0) is 11.0 Å². The van der Waals surface area contributed by atoms with E-state index in [-0.39, 0.29) is 22.9 Å². The first-order valence-electron chi connectivity index (χ1n) is 16.8. The van der Waals surface area contributed by atoms with Crippen molar-refractivity contribution in [2.24, 2.45) is 0 Å². The van der Waals surface area contributed by atoms with Crippen molar-refractivity contribution < 1.29 is 18.3 Å². The van der Waals surface area contributed by atoms with Crippen LogP contribution in [0.5, 0.6) is 11.5 Å². The SMILES string of the molecule is C[C@H]1CN(Cc2ccc(-c3cc4nccc(Oc5ccc(NC(=O)NC6CC6)cc5F)c4s3)nc2)CCN1CCO[Si](C)(C)C(C)(C)C. The third-order valence-electron chi connectivity index (χ3n) is 9.68. The van der Waals surface area contributed by atoms with E-state index in [4.69, 9.17) is 14.1 Å². The predicted molar refractivity (Wildman–Crippen MR) is 194 cm³/mol. The summed E-state index contributed by atoms with van der Waals surface area (Å²) in [6, 6.07) is 12.7. The zero-order valence-corrected chi connectivity index (χ0v) is 30.6. The van der Waals surface area contributed by atoms with E-state index in [0.29, 0.717) is 17.5 Å². The lowest BCUT2D eigenvalue weighted by atomic mass is 10.1. The third kappa shape index (κ3) is 8.41. The first kappa shape index (κ1) is 34.4. The number of ether oxygens (including phenoxy) is 1. The van der Waals surface area contributed by atoms with Crippen molar-refractivity contribution in [3.63, 3.8) is 0 Å². The van der Waals surface area contributed by atoms with Gasteiger partial charge in [0.1, 0.15) is 5.75 Å². The molecule has 0 spiro atoms. The second-order valence-electron chi connectivity index (χ2n) is 14.5. The maximum atomic E-state index is 15.0. The molecule has 48 heavy (non-hydrogen) atoms. The molecule has 4 aromatic rings. The topological polar surface area (TPSA) is 91.8 Å². The molecule has 1 saturated carbocycles.